The van der Waals surface area contributed by atoms with Crippen molar-refractivity contribution in [3.05, 3.63) is 57.5 Å². The molecule has 0 radical (unpaired) electrons. The maximum Gasteiger partial charge on any atom is 0.245 e. The Morgan fingerprint density at radius 2 is 1.77 bits per heavy atom. The molecule has 2 rings (SSSR count). The summed E-state index contributed by atoms with van der Waals surface area (Å²) in [5.41, 5.74) is 0.316. The van der Waals surface area contributed by atoms with Crippen LogP contribution in [-0.4, -0.2) is 31.7 Å². The first-order valence-electron chi connectivity index (χ1n) is 7.75. The van der Waals surface area contributed by atoms with Gasteiger partial charge in [0.15, 0.2) is 0 Å². The molecular formula is C17H17Cl3N2O3S. The number of benzene rings is 2. The molecule has 1 N–H and O–H groups in total. The van der Waals surface area contributed by atoms with Crippen LogP contribution in [0.5, 0.6) is 0 Å². The van der Waals surface area contributed by atoms with Crippen molar-refractivity contribution in [2.45, 2.75) is 18.2 Å². The molecule has 0 atom stereocenters. The van der Waals surface area contributed by atoms with E-state index >= 15 is 0 Å². The summed E-state index contributed by atoms with van der Waals surface area (Å²) in [5, 5.41) is 3.39. The highest BCUT2D eigenvalue weighted by molar-refractivity contribution is 7.89. The molecule has 0 bridgehead atoms. The van der Waals surface area contributed by atoms with Crippen LogP contribution in [0.15, 0.2) is 47.4 Å². The second kappa shape index (κ2) is 9.06. The second-order valence-electron chi connectivity index (χ2n) is 5.44. The highest BCUT2D eigenvalue weighted by Crippen LogP contribution is 2.26. The third-order valence-corrected chi connectivity index (χ3v) is 6.36. The van der Waals surface area contributed by atoms with Gasteiger partial charge in [0.1, 0.15) is 4.90 Å². The molecule has 1 amide bonds. The van der Waals surface area contributed by atoms with Gasteiger partial charge in [0.25, 0.3) is 0 Å². The van der Waals surface area contributed by atoms with Crippen LogP contribution < -0.4 is 5.32 Å². The fourth-order valence-corrected chi connectivity index (χ4v) is 4.59. The van der Waals surface area contributed by atoms with Crippen molar-refractivity contribution in [2.24, 2.45) is 0 Å². The number of carbonyl (C=O) groups excluding carboxylic acids is 1. The molecule has 9 heteroatoms. The zero-order valence-electron chi connectivity index (χ0n) is 13.9. The number of halogens is 3. The van der Waals surface area contributed by atoms with Crippen molar-refractivity contribution < 1.29 is 13.2 Å². The standard InChI is InChI=1S/C17H17Cl3N2O3S/c1-2-9-22(26(24,25)16-6-4-3-5-14(16)20)11-17(23)21-15-10-12(18)7-8-13(15)19/h3-8,10H,2,9,11H2,1H3,(H,21,23). The van der Waals surface area contributed by atoms with E-state index in [1.807, 2.05) is 6.92 Å². The van der Waals surface area contributed by atoms with Crippen LogP contribution in [0.25, 0.3) is 0 Å². The van der Waals surface area contributed by atoms with Gasteiger partial charge >= 0.3 is 0 Å². The molecule has 0 fully saturated rings. The van der Waals surface area contributed by atoms with E-state index in [4.69, 9.17) is 34.8 Å². The van der Waals surface area contributed by atoms with Gasteiger partial charge < -0.3 is 5.32 Å². The first kappa shape index (κ1) is 21.0. The van der Waals surface area contributed by atoms with E-state index in [2.05, 4.69) is 5.32 Å². The van der Waals surface area contributed by atoms with Crippen LogP contribution in [0.3, 0.4) is 0 Å². The van der Waals surface area contributed by atoms with Gasteiger partial charge in [-0.3, -0.25) is 4.79 Å². The quantitative estimate of drug-likeness (QED) is 0.686. The number of hydrogen-bond acceptors (Lipinski definition) is 3. The fourth-order valence-electron chi connectivity index (χ4n) is 2.27. The van der Waals surface area contributed by atoms with E-state index < -0.39 is 15.9 Å². The molecule has 0 saturated carbocycles. The first-order valence-corrected chi connectivity index (χ1v) is 10.3. The molecule has 26 heavy (non-hydrogen) atoms. The summed E-state index contributed by atoms with van der Waals surface area (Å²) in [4.78, 5) is 12.3. The lowest BCUT2D eigenvalue weighted by Crippen LogP contribution is -2.38. The van der Waals surface area contributed by atoms with Crippen molar-refractivity contribution >= 4 is 56.4 Å². The number of nitrogens with zero attached hydrogens (tertiary/aromatic N) is 1. The smallest absolute Gasteiger partial charge is 0.245 e. The molecule has 0 unspecified atom stereocenters. The Balaban J connectivity index is 2.23. The number of sulfonamides is 1. The average molecular weight is 436 g/mol. The lowest BCUT2D eigenvalue weighted by Gasteiger charge is -2.22. The number of hydrogen-bond donors (Lipinski definition) is 1. The van der Waals surface area contributed by atoms with Gasteiger partial charge in [-0.25, -0.2) is 8.42 Å². The van der Waals surface area contributed by atoms with Gasteiger partial charge in [0.2, 0.25) is 15.9 Å². The molecule has 0 heterocycles. The summed E-state index contributed by atoms with van der Waals surface area (Å²) >= 11 is 17.9. The zero-order chi connectivity index (χ0) is 19.3. The molecule has 2 aromatic carbocycles. The lowest BCUT2D eigenvalue weighted by atomic mass is 10.3. The minimum absolute atomic E-state index is 0.0382. The van der Waals surface area contributed by atoms with Gasteiger partial charge in [0.05, 0.1) is 22.3 Å². The van der Waals surface area contributed by atoms with E-state index in [-0.39, 0.29) is 23.0 Å². The summed E-state index contributed by atoms with van der Waals surface area (Å²) in [6, 6.07) is 10.7. The number of carbonyl (C=O) groups is 1. The summed E-state index contributed by atoms with van der Waals surface area (Å²) < 4.78 is 26.8. The van der Waals surface area contributed by atoms with Crippen LogP contribution in [0.1, 0.15) is 13.3 Å². The Morgan fingerprint density at radius 3 is 2.42 bits per heavy atom. The van der Waals surface area contributed by atoms with Gasteiger partial charge in [-0.1, -0.05) is 53.9 Å². The summed E-state index contributed by atoms with van der Waals surface area (Å²) in [7, 11) is -3.92. The average Bonchev–Trinajstić information content (AvgIpc) is 2.58. The van der Waals surface area contributed by atoms with E-state index in [1.165, 1.54) is 18.2 Å². The van der Waals surface area contributed by atoms with Crippen molar-refractivity contribution in [3.63, 3.8) is 0 Å². The molecule has 0 spiro atoms. The molecule has 0 aliphatic heterocycles. The molecular weight excluding hydrogens is 419 g/mol. The maximum absolute atomic E-state index is 12.9. The Bertz CT molecular complexity index is 904. The van der Waals surface area contributed by atoms with Crippen molar-refractivity contribution in [1.29, 1.82) is 0 Å². The maximum atomic E-state index is 12.9. The highest BCUT2D eigenvalue weighted by Gasteiger charge is 2.28. The Hall–Kier alpha value is -1.31. The van der Waals surface area contributed by atoms with Gasteiger partial charge in [-0.2, -0.15) is 4.31 Å². The van der Waals surface area contributed by atoms with Crippen LogP contribution in [-0.2, 0) is 14.8 Å². The number of amides is 1. The van der Waals surface area contributed by atoms with Crippen molar-refractivity contribution in [2.75, 3.05) is 18.4 Å². The van der Waals surface area contributed by atoms with Crippen molar-refractivity contribution in [3.8, 4) is 0 Å². The number of nitrogens with one attached hydrogen (secondary N) is 1. The summed E-state index contributed by atoms with van der Waals surface area (Å²) in [5.74, 6) is -0.529. The predicted octanol–water partition coefficient (Wildman–Crippen LogP) is 4.69. The van der Waals surface area contributed by atoms with Gasteiger partial charge in [-0.15, -0.1) is 0 Å². The Kier molecular flexibility index (Phi) is 7.32. The van der Waals surface area contributed by atoms with Crippen LogP contribution in [0.4, 0.5) is 5.69 Å². The molecule has 140 valence electrons. The fraction of sp³-hybridized carbons (Fsp3) is 0.235. The Labute approximate surface area is 167 Å². The van der Waals surface area contributed by atoms with Crippen LogP contribution >= 0.6 is 34.8 Å². The summed E-state index contributed by atoms with van der Waals surface area (Å²) in [6.07, 6.45) is 0.537. The van der Waals surface area contributed by atoms with E-state index in [0.29, 0.717) is 22.2 Å². The molecule has 5 nitrogen and oxygen atoms in total. The van der Waals surface area contributed by atoms with E-state index in [1.54, 1.807) is 24.3 Å². The predicted molar refractivity (Wildman–Crippen MR) is 106 cm³/mol. The third-order valence-electron chi connectivity index (χ3n) is 3.45. The van der Waals surface area contributed by atoms with E-state index in [9.17, 15) is 13.2 Å². The van der Waals surface area contributed by atoms with Gasteiger partial charge in [-0.05, 0) is 36.8 Å². The lowest BCUT2D eigenvalue weighted by molar-refractivity contribution is -0.116. The normalized spacial score (nSPS) is 11.6. The second-order valence-corrected chi connectivity index (χ2v) is 8.60. The summed E-state index contributed by atoms with van der Waals surface area (Å²) in [6.45, 7) is 1.62. The SMILES string of the molecule is CCCN(CC(=O)Nc1cc(Cl)ccc1Cl)S(=O)(=O)c1ccccc1Cl. The van der Waals surface area contributed by atoms with Crippen LogP contribution in [0, 0.1) is 0 Å². The largest absolute Gasteiger partial charge is 0.324 e. The molecule has 0 aliphatic rings. The number of rotatable bonds is 7. The van der Waals surface area contributed by atoms with E-state index in [0.717, 1.165) is 4.31 Å². The zero-order valence-corrected chi connectivity index (χ0v) is 17.0. The van der Waals surface area contributed by atoms with Crippen LogP contribution in [0.2, 0.25) is 15.1 Å². The van der Waals surface area contributed by atoms with Crippen molar-refractivity contribution in [1.82, 2.24) is 4.31 Å². The van der Waals surface area contributed by atoms with Gasteiger partial charge in [0, 0.05) is 11.6 Å². The minimum Gasteiger partial charge on any atom is -0.324 e. The number of anilines is 1. The first-order chi connectivity index (χ1) is 12.3. The minimum atomic E-state index is -3.92. The third kappa shape index (κ3) is 5.11. The monoisotopic (exact) mass is 434 g/mol. The topological polar surface area (TPSA) is 66.5 Å². The molecule has 2 aromatic rings. The molecule has 0 aromatic heterocycles. The highest BCUT2D eigenvalue weighted by atomic mass is 35.5. The Morgan fingerprint density at radius 1 is 1.08 bits per heavy atom. The molecule has 0 saturated heterocycles. The molecule has 0 aliphatic carbocycles.